The minimum absolute atomic E-state index is 0.00723. The Morgan fingerprint density at radius 2 is 1.73 bits per heavy atom. The number of alkyl halides is 3. The van der Waals surface area contributed by atoms with E-state index < -0.39 is 38.8 Å². The highest BCUT2D eigenvalue weighted by Crippen LogP contribution is 2.45. The number of nitrogens with zero attached hydrogens (tertiary/aromatic N) is 2. The second-order valence-electron chi connectivity index (χ2n) is 7.14. The van der Waals surface area contributed by atoms with E-state index in [0.717, 1.165) is 23.4 Å². The minimum atomic E-state index is -4.63. The summed E-state index contributed by atoms with van der Waals surface area (Å²) in [5.41, 5.74) is -0.341. The molecule has 2 aromatic carbocycles. The van der Waals surface area contributed by atoms with E-state index in [9.17, 15) is 26.4 Å². The van der Waals surface area contributed by atoms with E-state index in [1.54, 1.807) is 24.3 Å². The molecule has 0 unspecified atom stereocenters. The van der Waals surface area contributed by atoms with Gasteiger partial charge in [0.2, 0.25) is 0 Å². The maximum absolute atomic E-state index is 13.6. The van der Waals surface area contributed by atoms with Crippen LogP contribution in [0.25, 0.3) is 0 Å². The topological polar surface area (TPSA) is 66.8 Å². The zero-order valence-corrected chi connectivity index (χ0v) is 17.2. The van der Waals surface area contributed by atoms with Crippen molar-refractivity contribution in [3.05, 3.63) is 65.7 Å². The predicted octanol–water partition coefficient (Wildman–Crippen LogP) is 3.55. The number of amidine groups is 1. The van der Waals surface area contributed by atoms with Crippen molar-refractivity contribution in [1.82, 2.24) is 0 Å². The molecule has 5 nitrogen and oxygen atoms in total. The number of hydrogen-bond donors (Lipinski definition) is 0. The summed E-state index contributed by atoms with van der Waals surface area (Å²) >= 11 is 1.05. The van der Waals surface area contributed by atoms with Crippen LogP contribution in [0.15, 0.2) is 59.6 Å². The van der Waals surface area contributed by atoms with Crippen molar-refractivity contribution in [1.29, 1.82) is 0 Å². The van der Waals surface area contributed by atoms with Crippen molar-refractivity contribution in [2.45, 2.75) is 23.9 Å². The Morgan fingerprint density at radius 1 is 1.07 bits per heavy atom. The van der Waals surface area contributed by atoms with Crippen LogP contribution < -0.4 is 4.90 Å². The number of benzene rings is 2. The largest absolute Gasteiger partial charge is 0.418 e. The number of aliphatic imine (C=N–C) groups is 1. The van der Waals surface area contributed by atoms with Gasteiger partial charge in [0.05, 0.1) is 35.2 Å². The highest BCUT2D eigenvalue weighted by Gasteiger charge is 2.51. The lowest BCUT2D eigenvalue weighted by molar-refractivity contribution is -0.137. The van der Waals surface area contributed by atoms with Crippen molar-refractivity contribution in [2.24, 2.45) is 4.99 Å². The molecule has 158 valence electrons. The molecule has 0 aliphatic carbocycles. The number of sulfone groups is 1. The van der Waals surface area contributed by atoms with Gasteiger partial charge in [-0.1, -0.05) is 54.2 Å². The van der Waals surface area contributed by atoms with E-state index in [0.29, 0.717) is 0 Å². The smallest absolute Gasteiger partial charge is 0.315 e. The first-order valence-corrected chi connectivity index (χ1v) is 11.8. The number of carbonyl (C=O) groups is 1. The minimum Gasteiger partial charge on any atom is -0.315 e. The fourth-order valence-electron chi connectivity index (χ4n) is 3.69. The standard InChI is InChI=1S/C20H17F3N2O3S2/c21-20(22,23)14-8-4-5-9-15(14)25-16-11-30(27,28)12-17(16)29-19(25)24-18(26)10-13-6-2-1-3-7-13/h1-9,16-17H,10-12H2/t16-,17-/m1/s1. The van der Waals surface area contributed by atoms with Crippen LogP contribution in [0.1, 0.15) is 11.1 Å². The van der Waals surface area contributed by atoms with Gasteiger partial charge in [-0.25, -0.2) is 8.42 Å². The quantitative estimate of drug-likeness (QED) is 0.710. The number of para-hydroxylation sites is 1. The van der Waals surface area contributed by atoms with E-state index in [1.165, 1.54) is 23.1 Å². The average Bonchev–Trinajstić information content (AvgIpc) is 3.12. The summed E-state index contributed by atoms with van der Waals surface area (Å²) in [5.74, 6) is -0.928. The lowest BCUT2D eigenvalue weighted by Crippen LogP contribution is -2.39. The third kappa shape index (κ3) is 4.24. The van der Waals surface area contributed by atoms with E-state index in [1.807, 2.05) is 6.07 Å². The number of thioether (sulfide) groups is 1. The highest BCUT2D eigenvalue weighted by atomic mass is 32.2. The van der Waals surface area contributed by atoms with Crippen LogP contribution in [-0.2, 0) is 27.2 Å². The molecule has 0 spiro atoms. The number of rotatable bonds is 3. The molecular formula is C20H17F3N2O3S2. The van der Waals surface area contributed by atoms with Crippen LogP contribution in [-0.4, -0.2) is 42.3 Å². The zero-order valence-electron chi connectivity index (χ0n) is 15.5. The number of halogens is 3. The molecule has 2 aromatic rings. The van der Waals surface area contributed by atoms with Crippen LogP contribution in [0.5, 0.6) is 0 Å². The molecule has 0 radical (unpaired) electrons. The number of carbonyl (C=O) groups excluding carboxylic acids is 1. The molecule has 2 fully saturated rings. The first-order valence-electron chi connectivity index (χ1n) is 9.12. The molecule has 0 bridgehead atoms. The summed E-state index contributed by atoms with van der Waals surface area (Å²) in [4.78, 5) is 17.9. The van der Waals surface area contributed by atoms with Gasteiger partial charge in [0, 0.05) is 5.25 Å². The fraction of sp³-hybridized carbons (Fsp3) is 0.300. The van der Waals surface area contributed by atoms with Gasteiger partial charge in [0.25, 0.3) is 5.91 Å². The summed E-state index contributed by atoms with van der Waals surface area (Å²) < 4.78 is 65.1. The Labute approximate surface area is 175 Å². The summed E-state index contributed by atoms with van der Waals surface area (Å²) in [6, 6.07) is 13.1. The maximum Gasteiger partial charge on any atom is 0.418 e. The Balaban J connectivity index is 1.73. The van der Waals surface area contributed by atoms with Crippen molar-refractivity contribution >= 4 is 38.4 Å². The Morgan fingerprint density at radius 3 is 2.43 bits per heavy atom. The highest BCUT2D eigenvalue weighted by molar-refractivity contribution is 8.16. The summed E-state index contributed by atoms with van der Waals surface area (Å²) in [7, 11) is -3.38. The first kappa shape index (κ1) is 20.9. The van der Waals surface area contributed by atoms with Crippen molar-refractivity contribution in [3.63, 3.8) is 0 Å². The average molecular weight is 454 g/mol. The van der Waals surface area contributed by atoms with Crippen LogP contribution >= 0.6 is 11.8 Å². The van der Waals surface area contributed by atoms with Crippen molar-refractivity contribution < 1.29 is 26.4 Å². The van der Waals surface area contributed by atoms with Crippen LogP contribution in [0.4, 0.5) is 18.9 Å². The maximum atomic E-state index is 13.6. The molecule has 2 heterocycles. The summed E-state index contributed by atoms with van der Waals surface area (Å²) in [6.45, 7) is 0. The normalized spacial score (nSPS) is 24.2. The van der Waals surface area contributed by atoms with E-state index in [2.05, 4.69) is 4.99 Å². The van der Waals surface area contributed by atoms with Crippen molar-refractivity contribution in [2.75, 3.05) is 16.4 Å². The lowest BCUT2D eigenvalue weighted by atomic mass is 10.1. The van der Waals surface area contributed by atoms with Gasteiger partial charge in [-0.2, -0.15) is 18.2 Å². The molecule has 1 amide bonds. The molecular weight excluding hydrogens is 437 g/mol. The van der Waals surface area contributed by atoms with E-state index in [4.69, 9.17) is 0 Å². The Kier molecular flexibility index (Phi) is 5.39. The third-order valence-corrected chi connectivity index (χ3v) is 8.16. The molecule has 0 aromatic heterocycles. The van der Waals surface area contributed by atoms with E-state index >= 15 is 0 Å². The van der Waals surface area contributed by atoms with Gasteiger partial charge >= 0.3 is 6.18 Å². The van der Waals surface area contributed by atoms with Crippen LogP contribution in [0.2, 0.25) is 0 Å². The second kappa shape index (κ2) is 7.73. The van der Waals surface area contributed by atoms with E-state index in [-0.39, 0.29) is 28.8 Å². The Hall–Kier alpha value is -2.33. The number of amides is 1. The molecule has 10 heteroatoms. The second-order valence-corrected chi connectivity index (χ2v) is 10.5. The zero-order chi connectivity index (χ0) is 21.5. The lowest BCUT2D eigenvalue weighted by Gasteiger charge is -2.27. The van der Waals surface area contributed by atoms with Gasteiger partial charge in [-0.3, -0.25) is 4.79 Å². The van der Waals surface area contributed by atoms with Crippen LogP contribution in [0.3, 0.4) is 0 Å². The molecule has 2 atom stereocenters. The fourth-order valence-corrected chi connectivity index (χ4v) is 7.61. The molecule has 0 saturated carbocycles. The molecule has 2 saturated heterocycles. The molecule has 2 aliphatic heterocycles. The van der Waals surface area contributed by atoms with Gasteiger partial charge in [-0.05, 0) is 17.7 Å². The molecule has 4 rings (SSSR count). The number of fused-ring (bicyclic) bond motifs is 1. The van der Waals surface area contributed by atoms with Gasteiger partial charge in [-0.15, -0.1) is 0 Å². The van der Waals surface area contributed by atoms with Crippen molar-refractivity contribution in [3.8, 4) is 0 Å². The SMILES string of the molecule is O=C(Cc1ccccc1)N=C1S[C@@H]2CS(=O)(=O)C[C@H]2N1c1ccccc1C(F)(F)F. The molecule has 30 heavy (non-hydrogen) atoms. The summed E-state index contributed by atoms with van der Waals surface area (Å²) in [5, 5.41) is -0.364. The Bertz CT molecular complexity index is 1100. The molecule has 2 aliphatic rings. The first-order chi connectivity index (χ1) is 14.1. The number of anilines is 1. The van der Waals surface area contributed by atoms with Gasteiger partial charge in [0.15, 0.2) is 15.0 Å². The van der Waals surface area contributed by atoms with Gasteiger partial charge in [0.1, 0.15) is 0 Å². The predicted molar refractivity (Wildman–Crippen MR) is 110 cm³/mol. The summed E-state index contributed by atoms with van der Waals surface area (Å²) in [6.07, 6.45) is -4.62. The van der Waals surface area contributed by atoms with Crippen LogP contribution in [0, 0.1) is 0 Å². The molecule has 0 N–H and O–H groups in total. The third-order valence-electron chi connectivity index (χ3n) is 4.95. The van der Waals surface area contributed by atoms with Gasteiger partial charge < -0.3 is 4.90 Å². The monoisotopic (exact) mass is 454 g/mol. The number of hydrogen-bond acceptors (Lipinski definition) is 4.